The summed E-state index contributed by atoms with van der Waals surface area (Å²) in [5, 5.41) is 2.72. The van der Waals surface area contributed by atoms with Crippen molar-refractivity contribution in [3.05, 3.63) is 35.9 Å². The molecular formula is C13H20N2O2. The summed E-state index contributed by atoms with van der Waals surface area (Å²) in [7, 11) is 0. The topological polar surface area (TPSA) is 41.6 Å². The first-order valence-electron chi connectivity index (χ1n) is 5.93. The minimum atomic E-state index is -0.374. The van der Waals surface area contributed by atoms with Crippen molar-refractivity contribution in [2.45, 2.75) is 20.5 Å². The molecular weight excluding hydrogens is 216 g/mol. The maximum atomic E-state index is 11.4. The van der Waals surface area contributed by atoms with E-state index in [4.69, 9.17) is 4.74 Å². The third kappa shape index (κ3) is 5.36. The van der Waals surface area contributed by atoms with Gasteiger partial charge in [-0.15, -0.1) is 0 Å². The van der Waals surface area contributed by atoms with E-state index in [1.165, 1.54) is 0 Å². The van der Waals surface area contributed by atoms with E-state index < -0.39 is 0 Å². The number of carbonyl (C=O) groups is 1. The minimum Gasteiger partial charge on any atom is -0.445 e. The largest absolute Gasteiger partial charge is 0.445 e. The van der Waals surface area contributed by atoms with Gasteiger partial charge in [-0.25, -0.2) is 4.79 Å². The van der Waals surface area contributed by atoms with Crippen LogP contribution in [0.1, 0.15) is 19.4 Å². The molecule has 0 saturated carbocycles. The Morgan fingerprint density at radius 2 is 1.88 bits per heavy atom. The van der Waals surface area contributed by atoms with E-state index in [9.17, 15) is 4.79 Å². The molecule has 0 aromatic heterocycles. The van der Waals surface area contributed by atoms with Gasteiger partial charge in [0.1, 0.15) is 6.61 Å². The molecule has 1 aromatic carbocycles. The van der Waals surface area contributed by atoms with Crippen LogP contribution >= 0.6 is 0 Å². The summed E-state index contributed by atoms with van der Waals surface area (Å²) in [6.07, 6.45) is -0.374. The molecule has 4 heteroatoms. The van der Waals surface area contributed by atoms with E-state index in [1.54, 1.807) is 0 Å². The van der Waals surface area contributed by atoms with Crippen molar-refractivity contribution in [2.75, 3.05) is 19.8 Å². The molecule has 1 amide bonds. The van der Waals surface area contributed by atoms with Gasteiger partial charge in [0.15, 0.2) is 0 Å². The highest BCUT2D eigenvalue weighted by Gasteiger charge is 2.04. The van der Waals surface area contributed by atoms with Crippen molar-refractivity contribution in [1.82, 2.24) is 10.2 Å². The second kappa shape index (κ2) is 7.68. The molecule has 0 radical (unpaired) electrons. The number of nitrogens with zero attached hydrogens (tertiary/aromatic N) is 1. The monoisotopic (exact) mass is 236 g/mol. The number of amides is 1. The van der Waals surface area contributed by atoms with Gasteiger partial charge in [-0.3, -0.25) is 4.90 Å². The van der Waals surface area contributed by atoms with Gasteiger partial charge in [0.05, 0.1) is 6.67 Å². The number of hydrogen-bond acceptors (Lipinski definition) is 3. The molecule has 0 aliphatic carbocycles. The average Bonchev–Trinajstić information content (AvgIpc) is 2.39. The first-order valence-corrected chi connectivity index (χ1v) is 5.93. The quantitative estimate of drug-likeness (QED) is 0.770. The molecule has 0 fully saturated rings. The van der Waals surface area contributed by atoms with Crippen molar-refractivity contribution in [3.8, 4) is 0 Å². The first-order chi connectivity index (χ1) is 8.26. The van der Waals surface area contributed by atoms with Gasteiger partial charge in [-0.1, -0.05) is 44.2 Å². The molecule has 1 N–H and O–H groups in total. The zero-order valence-electron chi connectivity index (χ0n) is 10.5. The molecule has 1 rings (SSSR count). The number of rotatable bonds is 6. The van der Waals surface area contributed by atoms with Crippen LogP contribution in [-0.2, 0) is 11.3 Å². The van der Waals surface area contributed by atoms with Gasteiger partial charge in [-0.05, 0) is 18.7 Å². The lowest BCUT2D eigenvalue weighted by molar-refractivity contribution is 0.132. The summed E-state index contributed by atoms with van der Waals surface area (Å²) in [5.41, 5.74) is 0.991. The Bertz CT molecular complexity index is 323. The normalized spacial score (nSPS) is 10.3. The second-order valence-electron chi connectivity index (χ2n) is 3.70. The minimum absolute atomic E-state index is 0.310. The number of benzene rings is 1. The van der Waals surface area contributed by atoms with E-state index in [1.807, 2.05) is 30.3 Å². The Labute approximate surface area is 103 Å². The number of ether oxygens (including phenoxy) is 1. The fraction of sp³-hybridized carbons (Fsp3) is 0.462. The van der Waals surface area contributed by atoms with Crippen LogP contribution < -0.4 is 5.32 Å². The number of carbonyl (C=O) groups excluding carboxylic acids is 1. The van der Waals surface area contributed by atoms with Crippen LogP contribution in [0.25, 0.3) is 0 Å². The highest BCUT2D eigenvalue weighted by Crippen LogP contribution is 2.00. The van der Waals surface area contributed by atoms with Crippen LogP contribution in [0.4, 0.5) is 4.79 Å². The van der Waals surface area contributed by atoms with Crippen molar-refractivity contribution in [2.24, 2.45) is 0 Å². The molecule has 94 valence electrons. The lowest BCUT2D eigenvalue weighted by Crippen LogP contribution is -2.37. The predicted molar refractivity (Wildman–Crippen MR) is 67.6 cm³/mol. The molecule has 0 bridgehead atoms. The summed E-state index contributed by atoms with van der Waals surface area (Å²) in [5.74, 6) is 0. The highest BCUT2D eigenvalue weighted by molar-refractivity contribution is 5.67. The van der Waals surface area contributed by atoms with Gasteiger partial charge < -0.3 is 10.1 Å². The lowest BCUT2D eigenvalue weighted by atomic mass is 10.2. The lowest BCUT2D eigenvalue weighted by Gasteiger charge is -2.18. The van der Waals surface area contributed by atoms with E-state index in [-0.39, 0.29) is 6.09 Å². The average molecular weight is 236 g/mol. The molecule has 0 aliphatic rings. The van der Waals surface area contributed by atoms with E-state index in [0.29, 0.717) is 13.3 Å². The van der Waals surface area contributed by atoms with E-state index in [2.05, 4.69) is 24.1 Å². The van der Waals surface area contributed by atoms with E-state index in [0.717, 1.165) is 18.7 Å². The molecule has 0 spiro atoms. The maximum absolute atomic E-state index is 11.4. The third-order valence-electron chi connectivity index (χ3n) is 2.55. The van der Waals surface area contributed by atoms with Crippen molar-refractivity contribution in [3.63, 3.8) is 0 Å². The molecule has 4 nitrogen and oxygen atoms in total. The van der Waals surface area contributed by atoms with Gasteiger partial charge in [0.25, 0.3) is 0 Å². The predicted octanol–water partition coefficient (Wildman–Crippen LogP) is 2.21. The smallest absolute Gasteiger partial charge is 0.408 e. The Morgan fingerprint density at radius 1 is 1.24 bits per heavy atom. The van der Waals surface area contributed by atoms with Crippen molar-refractivity contribution in [1.29, 1.82) is 0 Å². The summed E-state index contributed by atoms with van der Waals surface area (Å²) < 4.78 is 5.09. The van der Waals surface area contributed by atoms with Crippen molar-refractivity contribution < 1.29 is 9.53 Å². The first kappa shape index (κ1) is 13.5. The zero-order valence-corrected chi connectivity index (χ0v) is 10.5. The third-order valence-corrected chi connectivity index (χ3v) is 2.55. The molecule has 0 aliphatic heterocycles. The maximum Gasteiger partial charge on any atom is 0.408 e. The number of alkyl carbamates (subject to hydrolysis) is 1. The number of hydrogen-bond donors (Lipinski definition) is 1. The van der Waals surface area contributed by atoms with Gasteiger partial charge in [0.2, 0.25) is 0 Å². The van der Waals surface area contributed by atoms with Gasteiger partial charge in [0, 0.05) is 0 Å². The van der Waals surface area contributed by atoms with Crippen LogP contribution in [0.15, 0.2) is 30.3 Å². The van der Waals surface area contributed by atoms with Crippen LogP contribution in [0, 0.1) is 0 Å². The van der Waals surface area contributed by atoms with Gasteiger partial charge >= 0.3 is 6.09 Å². The summed E-state index contributed by atoms with van der Waals surface area (Å²) in [6.45, 7) is 6.78. The molecule has 0 heterocycles. The number of nitrogens with one attached hydrogen (secondary N) is 1. The molecule has 0 atom stereocenters. The van der Waals surface area contributed by atoms with Crippen LogP contribution in [0.3, 0.4) is 0 Å². The van der Waals surface area contributed by atoms with Crippen LogP contribution in [0.5, 0.6) is 0 Å². The fourth-order valence-corrected chi connectivity index (χ4v) is 1.40. The van der Waals surface area contributed by atoms with E-state index >= 15 is 0 Å². The Kier molecular flexibility index (Phi) is 6.10. The summed E-state index contributed by atoms with van der Waals surface area (Å²) in [6, 6.07) is 9.64. The van der Waals surface area contributed by atoms with Crippen LogP contribution in [-0.4, -0.2) is 30.8 Å². The fourth-order valence-electron chi connectivity index (χ4n) is 1.40. The summed E-state index contributed by atoms with van der Waals surface area (Å²) >= 11 is 0. The summed E-state index contributed by atoms with van der Waals surface area (Å²) in [4.78, 5) is 13.5. The molecule has 1 aromatic rings. The molecule has 0 unspecified atom stereocenters. The molecule has 17 heavy (non-hydrogen) atoms. The Hall–Kier alpha value is -1.55. The van der Waals surface area contributed by atoms with Crippen molar-refractivity contribution >= 4 is 6.09 Å². The van der Waals surface area contributed by atoms with Crippen LogP contribution in [0.2, 0.25) is 0 Å². The standard InChI is InChI=1S/C13H20N2O2/c1-3-15(4-2)11-14-13(16)17-10-12-8-6-5-7-9-12/h5-9H,3-4,10-11H2,1-2H3,(H,14,16). The molecule has 0 saturated heterocycles. The Morgan fingerprint density at radius 3 is 2.47 bits per heavy atom. The zero-order chi connectivity index (χ0) is 12.5. The highest BCUT2D eigenvalue weighted by atomic mass is 16.5. The second-order valence-corrected chi connectivity index (χ2v) is 3.70. The Balaban J connectivity index is 2.22. The SMILES string of the molecule is CCN(CC)CNC(=O)OCc1ccccc1. The van der Waals surface area contributed by atoms with Gasteiger partial charge in [-0.2, -0.15) is 0 Å².